The summed E-state index contributed by atoms with van der Waals surface area (Å²) < 4.78 is 18.3. The Morgan fingerprint density at radius 3 is 2.89 bits per heavy atom. The lowest BCUT2D eigenvalue weighted by Gasteiger charge is -2.16. The van der Waals surface area contributed by atoms with E-state index in [2.05, 4.69) is 5.43 Å². The average molecular weight is 275 g/mol. The monoisotopic (exact) mass is 274 g/mol. The van der Waals surface area contributed by atoms with Gasteiger partial charge in [-0.3, -0.25) is 11.3 Å². The highest BCUT2D eigenvalue weighted by Gasteiger charge is 2.09. The van der Waals surface area contributed by atoms with Crippen LogP contribution in [0, 0.1) is 5.82 Å². The Morgan fingerprint density at radius 2 is 2.28 bits per heavy atom. The molecule has 0 aliphatic rings. The summed E-state index contributed by atoms with van der Waals surface area (Å²) in [6.45, 7) is 3.44. The third kappa shape index (κ3) is 5.31. The maximum absolute atomic E-state index is 13.0. The Bertz CT molecular complexity index is 363. The molecule has 5 heteroatoms. The van der Waals surface area contributed by atoms with Crippen LogP contribution in [0.5, 0.6) is 0 Å². The summed E-state index contributed by atoms with van der Waals surface area (Å²) in [5.74, 6) is 5.11. The molecule has 3 nitrogen and oxygen atoms in total. The first kappa shape index (κ1) is 15.4. The van der Waals surface area contributed by atoms with Crippen molar-refractivity contribution in [2.45, 2.75) is 32.2 Å². The Hall–Kier alpha value is -0.680. The van der Waals surface area contributed by atoms with Crippen LogP contribution in [0.25, 0.3) is 0 Å². The topological polar surface area (TPSA) is 47.3 Å². The van der Waals surface area contributed by atoms with Gasteiger partial charge in [-0.1, -0.05) is 17.7 Å². The van der Waals surface area contributed by atoms with Crippen molar-refractivity contribution in [2.24, 2.45) is 5.84 Å². The molecule has 1 unspecified atom stereocenters. The lowest BCUT2D eigenvalue weighted by molar-refractivity contribution is 0.140. The van der Waals surface area contributed by atoms with E-state index in [0.29, 0.717) is 0 Å². The number of halogens is 2. The van der Waals surface area contributed by atoms with E-state index >= 15 is 0 Å². The molecule has 1 atom stereocenters. The third-order valence-electron chi connectivity index (χ3n) is 2.75. The Balaban J connectivity index is 2.44. The fourth-order valence-corrected chi connectivity index (χ4v) is 1.97. The van der Waals surface area contributed by atoms with Crippen LogP contribution in [0.15, 0.2) is 18.2 Å². The van der Waals surface area contributed by atoms with E-state index < -0.39 is 5.82 Å². The summed E-state index contributed by atoms with van der Waals surface area (Å²) in [5.41, 5.74) is 3.74. The summed E-state index contributed by atoms with van der Waals surface area (Å²) in [6, 6.07) is 4.90. The molecule has 0 saturated carbocycles. The fraction of sp³-hybridized carbons (Fsp3) is 0.538. The first-order valence-corrected chi connectivity index (χ1v) is 6.53. The van der Waals surface area contributed by atoms with Crippen LogP contribution in [-0.4, -0.2) is 19.3 Å². The predicted molar refractivity (Wildman–Crippen MR) is 72.0 cm³/mol. The van der Waals surface area contributed by atoms with Gasteiger partial charge in [-0.25, -0.2) is 4.39 Å². The predicted octanol–water partition coefficient (Wildman–Crippen LogP) is 2.67. The lowest BCUT2D eigenvalue weighted by Crippen LogP contribution is -2.37. The van der Waals surface area contributed by atoms with Crippen molar-refractivity contribution >= 4 is 11.6 Å². The zero-order chi connectivity index (χ0) is 13.4. The lowest BCUT2D eigenvalue weighted by atomic mass is 10.0. The van der Waals surface area contributed by atoms with Crippen molar-refractivity contribution in [1.82, 2.24) is 5.43 Å². The number of benzene rings is 1. The standard InChI is InChI=1S/C13H20ClFN2O/c1-2-18-7-3-4-11(17-16)8-10-5-6-13(15)12(14)9-10/h5-6,9,11,17H,2-4,7-8,16H2,1H3. The molecule has 102 valence electrons. The summed E-state index contributed by atoms with van der Waals surface area (Å²) in [6.07, 6.45) is 2.58. The number of nitrogens with two attached hydrogens (primary N) is 1. The van der Waals surface area contributed by atoms with E-state index in [-0.39, 0.29) is 11.1 Å². The minimum atomic E-state index is -0.394. The van der Waals surface area contributed by atoms with E-state index in [4.69, 9.17) is 22.2 Å². The Kier molecular flexibility index (Phi) is 7.20. The zero-order valence-corrected chi connectivity index (χ0v) is 11.3. The largest absolute Gasteiger partial charge is 0.382 e. The molecule has 3 N–H and O–H groups in total. The van der Waals surface area contributed by atoms with Gasteiger partial charge in [-0.05, 0) is 43.9 Å². The van der Waals surface area contributed by atoms with Crippen molar-refractivity contribution in [3.05, 3.63) is 34.6 Å². The van der Waals surface area contributed by atoms with E-state index in [1.54, 1.807) is 12.1 Å². The Morgan fingerprint density at radius 1 is 1.50 bits per heavy atom. The molecule has 0 aliphatic carbocycles. The van der Waals surface area contributed by atoms with Gasteiger partial charge in [0.25, 0.3) is 0 Å². The van der Waals surface area contributed by atoms with Gasteiger partial charge in [-0.2, -0.15) is 0 Å². The number of nitrogens with one attached hydrogen (secondary N) is 1. The fourth-order valence-electron chi connectivity index (χ4n) is 1.77. The van der Waals surface area contributed by atoms with Crippen LogP contribution in [0.4, 0.5) is 4.39 Å². The molecular formula is C13H20ClFN2O. The summed E-state index contributed by atoms with van der Waals surface area (Å²) in [4.78, 5) is 0. The molecule has 18 heavy (non-hydrogen) atoms. The molecule has 0 aliphatic heterocycles. The molecule has 0 fully saturated rings. The molecule has 0 heterocycles. The minimum absolute atomic E-state index is 0.145. The summed E-state index contributed by atoms with van der Waals surface area (Å²) >= 11 is 5.74. The molecule has 0 amide bonds. The van der Waals surface area contributed by atoms with E-state index in [1.165, 1.54) is 6.07 Å². The Labute approximate surface area is 112 Å². The highest BCUT2D eigenvalue weighted by molar-refractivity contribution is 6.30. The van der Waals surface area contributed by atoms with E-state index in [0.717, 1.165) is 38.0 Å². The van der Waals surface area contributed by atoms with E-state index in [1.807, 2.05) is 6.92 Å². The second-order valence-corrected chi connectivity index (χ2v) is 4.56. The van der Waals surface area contributed by atoms with Crippen molar-refractivity contribution in [3.63, 3.8) is 0 Å². The summed E-state index contributed by atoms with van der Waals surface area (Å²) in [7, 11) is 0. The molecule has 1 aromatic rings. The molecule has 0 aromatic heterocycles. The van der Waals surface area contributed by atoms with Gasteiger partial charge in [0.1, 0.15) is 5.82 Å². The minimum Gasteiger partial charge on any atom is -0.382 e. The maximum atomic E-state index is 13.0. The van der Waals surface area contributed by atoms with Gasteiger partial charge in [0.15, 0.2) is 0 Å². The van der Waals surface area contributed by atoms with Crippen molar-refractivity contribution < 1.29 is 9.13 Å². The average Bonchev–Trinajstić information content (AvgIpc) is 2.37. The van der Waals surface area contributed by atoms with Crippen LogP contribution in [-0.2, 0) is 11.2 Å². The number of rotatable bonds is 8. The van der Waals surface area contributed by atoms with Crippen LogP contribution >= 0.6 is 11.6 Å². The van der Waals surface area contributed by atoms with E-state index in [9.17, 15) is 4.39 Å². The van der Waals surface area contributed by atoms with Gasteiger partial charge >= 0.3 is 0 Å². The smallest absolute Gasteiger partial charge is 0.141 e. The molecule has 0 spiro atoms. The quantitative estimate of drug-likeness (QED) is 0.435. The number of hydrazine groups is 1. The molecule has 1 aromatic carbocycles. The van der Waals surface area contributed by atoms with Crippen molar-refractivity contribution in [2.75, 3.05) is 13.2 Å². The number of hydrogen-bond acceptors (Lipinski definition) is 3. The number of ether oxygens (including phenoxy) is 1. The first-order valence-electron chi connectivity index (χ1n) is 6.15. The third-order valence-corrected chi connectivity index (χ3v) is 3.04. The summed E-state index contributed by atoms with van der Waals surface area (Å²) in [5, 5.41) is 0.151. The molecule has 1 rings (SSSR count). The van der Waals surface area contributed by atoms with Crippen LogP contribution < -0.4 is 11.3 Å². The first-order chi connectivity index (χ1) is 8.67. The highest BCUT2D eigenvalue weighted by Crippen LogP contribution is 2.17. The van der Waals surface area contributed by atoms with Gasteiger partial charge in [-0.15, -0.1) is 0 Å². The van der Waals surface area contributed by atoms with Crippen LogP contribution in [0.3, 0.4) is 0 Å². The second kappa shape index (κ2) is 8.43. The maximum Gasteiger partial charge on any atom is 0.141 e. The zero-order valence-electron chi connectivity index (χ0n) is 10.6. The van der Waals surface area contributed by atoms with Crippen molar-refractivity contribution in [1.29, 1.82) is 0 Å². The second-order valence-electron chi connectivity index (χ2n) is 4.16. The van der Waals surface area contributed by atoms with Crippen molar-refractivity contribution in [3.8, 4) is 0 Å². The van der Waals surface area contributed by atoms with Gasteiger partial charge in [0.05, 0.1) is 5.02 Å². The van der Waals surface area contributed by atoms with Gasteiger partial charge in [0, 0.05) is 19.3 Å². The van der Waals surface area contributed by atoms with Gasteiger partial charge in [0.2, 0.25) is 0 Å². The molecule has 0 radical (unpaired) electrons. The molecule has 0 saturated heterocycles. The van der Waals surface area contributed by atoms with Crippen LogP contribution in [0.1, 0.15) is 25.3 Å². The highest BCUT2D eigenvalue weighted by atomic mass is 35.5. The molecule has 0 bridgehead atoms. The number of hydrogen-bond donors (Lipinski definition) is 2. The van der Waals surface area contributed by atoms with Gasteiger partial charge < -0.3 is 4.74 Å². The van der Waals surface area contributed by atoms with Crippen LogP contribution in [0.2, 0.25) is 5.02 Å². The molecular weight excluding hydrogens is 255 g/mol. The SMILES string of the molecule is CCOCCCC(Cc1ccc(F)c(Cl)c1)NN. The normalized spacial score (nSPS) is 12.7.